The first-order valence-corrected chi connectivity index (χ1v) is 8.89. The summed E-state index contributed by atoms with van der Waals surface area (Å²) < 4.78 is 67.5. The minimum atomic E-state index is -4.97. The summed E-state index contributed by atoms with van der Waals surface area (Å²) in [4.78, 5) is 21.0. The first-order chi connectivity index (χ1) is 12.8. The maximum Gasteiger partial charge on any atom is 0.416 e. The summed E-state index contributed by atoms with van der Waals surface area (Å²) in [6.45, 7) is 1.59. The van der Waals surface area contributed by atoms with Gasteiger partial charge < -0.3 is 0 Å². The topological polar surface area (TPSA) is 107 Å². The summed E-state index contributed by atoms with van der Waals surface area (Å²) in [7, 11) is -4.01. The van der Waals surface area contributed by atoms with Crippen LogP contribution >= 0.6 is 0 Å². The van der Waals surface area contributed by atoms with E-state index < -0.39 is 43.3 Å². The van der Waals surface area contributed by atoms with Crippen LogP contribution in [0.1, 0.15) is 21.5 Å². The van der Waals surface area contributed by atoms with E-state index in [1.807, 2.05) is 0 Å². The zero-order valence-corrected chi connectivity index (χ0v) is 15.2. The number of amides is 1. The van der Waals surface area contributed by atoms with Gasteiger partial charge in [0.05, 0.1) is 10.5 Å². The van der Waals surface area contributed by atoms with Gasteiger partial charge in [-0.15, -0.1) is 4.28 Å². The van der Waals surface area contributed by atoms with Crippen LogP contribution in [0.3, 0.4) is 0 Å². The number of hydrogen-bond donors (Lipinski definition) is 0. The second kappa shape index (κ2) is 7.56. The highest BCUT2D eigenvalue weighted by atomic mass is 32.2. The smallest absolute Gasteiger partial charge is 0.267 e. The van der Waals surface area contributed by atoms with Crippen molar-refractivity contribution in [2.75, 3.05) is 7.05 Å². The van der Waals surface area contributed by atoms with E-state index in [9.17, 15) is 36.5 Å². The summed E-state index contributed by atoms with van der Waals surface area (Å²) in [6, 6.07) is 7.04. The Bertz CT molecular complexity index is 1040. The van der Waals surface area contributed by atoms with Gasteiger partial charge in [0.1, 0.15) is 0 Å². The van der Waals surface area contributed by atoms with Gasteiger partial charge in [0, 0.05) is 18.7 Å². The number of alkyl halides is 3. The summed E-state index contributed by atoms with van der Waals surface area (Å²) in [5.41, 5.74) is -2.10. The number of hydrogen-bond acceptors (Lipinski definition) is 6. The Morgan fingerprint density at radius 1 is 1.18 bits per heavy atom. The first kappa shape index (κ1) is 21.3. The SMILES string of the molecule is Cc1ccccc1C(=O)N(C)OS(=O)(=O)c1ccc(C(F)(F)F)cc1[N+](=O)[O-]. The summed E-state index contributed by atoms with van der Waals surface area (Å²) in [5.74, 6) is -0.865. The predicted octanol–water partition coefficient (Wildman–Crippen LogP) is 3.31. The van der Waals surface area contributed by atoms with Crippen molar-refractivity contribution in [1.82, 2.24) is 5.06 Å². The van der Waals surface area contributed by atoms with Gasteiger partial charge in [-0.3, -0.25) is 14.9 Å². The van der Waals surface area contributed by atoms with Gasteiger partial charge in [-0.2, -0.15) is 21.6 Å². The van der Waals surface area contributed by atoms with Gasteiger partial charge >= 0.3 is 16.3 Å². The van der Waals surface area contributed by atoms with Crippen molar-refractivity contribution in [3.8, 4) is 0 Å². The van der Waals surface area contributed by atoms with E-state index in [0.29, 0.717) is 22.8 Å². The second-order valence-electron chi connectivity index (χ2n) is 5.58. The standard InChI is InChI=1S/C16H13F3N2O6S/c1-10-5-3-4-6-12(10)15(22)20(2)27-28(25,26)14-8-7-11(16(17,18)19)9-13(14)21(23)24/h3-9H,1-2H3. The lowest BCUT2D eigenvalue weighted by molar-refractivity contribution is -0.388. The Balaban J connectivity index is 2.40. The number of nitro benzene ring substituents is 1. The van der Waals surface area contributed by atoms with Gasteiger partial charge in [-0.25, -0.2) is 5.06 Å². The molecule has 2 aromatic carbocycles. The third kappa shape index (κ3) is 4.46. The molecule has 0 aliphatic carbocycles. The van der Waals surface area contributed by atoms with E-state index in [2.05, 4.69) is 4.28 Å². The minimum absolute atomic E-state index is 0.0827. The molecule has 0 aliphatic heterocycles. The summed E-state index contributed by atoms with van der Waals surface area (Å²) >= 11 is 0. The molecular formula is C16H13F3N2O6S. The molecule has 12 heteroatoms. The molecule has 150 valence electrons. The van der Waals surface area contributed by atoms with E-state index in [-0.39, 0.29) is 11.6 Å². The molecular weight excluding hydrogens is 405 g/mol. The van der Waals surface area contributed by atoms with Crippen LogP contribution in [0.4, 0.5) is 18.9 Å². The van der Waals surface area contributed by atoms with Crippen molar-refractivity contribution in [3.05, 3.63) is 69.3 Å². The molecule has 0 saturated heterocycles. The van der Waals surface area contributed by atoms with E-state index in [1.165, 1.54) is 12.1 Å². The van der Waals surface area contributed by atoms with Crippen LogP contribution < -0.4 is 0 Å². The highest BCUT2D eigenvalue weighted by Gasteiger charge is 2.36. The molecule has 2 rings (SSSR count). The lowest BCUT2D eigenvalue weighted by Crippen LogP contribution is -2.30. The number of rotatable bonds is 5. The molecule has 0 unspecified atom stereocenters. The van der Waals surface area contributed by atoms with E-state index in [4.69, 9.17) is 0 Å². The number of benzene rings is 2. The average Bonchev–Trinajstić information content (AvgIpc) is 2.59. The second-order valence-corrected chi connectivity index (χ2v) is 7.08. The van der Waals surface area contributed by atoms with Crippen molar-refractivity contribution in [2.45, 2.75) is 18.0 Å². The van der Waals surface area contributed by atoms with Gasteiger partial charge in [0.2, 0.25) is 0 Å². The minimum Gasteiger partial charge on any atom is -0.267 e. The zero-order chi connectivity index (χ0) is 21.3. The van der Waals surface area contributed by atoms with E-state index >= 15 is 0 Å². The van der Waals surface area contributed by atoms with E-state index in [0.717, 1.165) is 7.05 Å². The molecule has 0 bridgehead atoms. The lowest BCUT2D eigenvalue weighted by Gasteiger charge is -2.17. The summed E-state index contributed by atoms with van der Waals surface area (Å²) in [5, 5.41) is 11.4. The van der Waals surface area contributed by atoms with Crippen LogP contribution in [-0.2, 0) is 20.6 Å². The van der Waals surface area contributed by atoms with E-state index in [1.54, 1.807) is 19.1 Å². The molecule has 0 fully saturated rings. The number of carbonyl (C=O) groups is 1. The third-order valence-corrected chi connectivity index (χ3v) is 4.93. The fraction of sp³-hybridized carbons (Fsp3) is 0.188. The third-order valence-electron chi connectivity index (χ3n) is 3.62. The van der Waals surface area contributed by atoms with Crippen molar-refractivity contribution in [2.24, 2.45) is 0 Å². The van der Waals surface area contributed by atoms with Crippen LogP contribution in [0.5, 0.6) is 0 Å². The maximum absolute atomic E-state index is 12.7. The maximum atomic E-state index is 12.7. The van der Waals surface area contributed by atoms with Crippen molar-refractivity contribution < 1.29 is 35.6 Å². The van der Waals surface area contributed by atoms with Crippen molar-refractivity contribution >= 4 is 21.7 Å². The Morgan fingerprint density at radius 3 is 2.32 bits per heavy atom. The Labute approximate surface area is 157 Å². The van der Waals surface area contributed by atoms with Crippen molar-refractivity contribution in [1.29, 1.82) is 0 Å². The molecule has 1 amide bonds. The average molecular weight is 418 g/mol. The zero-order valence-electron chi connectivity index (χ0n) is 14.4. The highest BCUT2D eigenvalue weighted by Crippen LogP contribution is 2.35. The Hall–Kier alpha value is -2.99. The van der Waals surface area contributed by atoms with Crippen LogP contribution in [-0.4, -0.2) is 31.4 Å². The van der Waals surface area contributed by atoms with Crippen LogP contribution in [0.15, 0.2) is 47.4 Å². The Kier molecular flexibility index (Phi) is 5.75. The molecule has 8 nitrogen and oxygen atoms in total. The summed E-state index contributed by atoms with van der Waals surface area (Å²) in [6.07, 6.45) is -4.91. The molecule has 0 heterocycles. The monoisotopic (exact) mass is 418 g/mol. The van der Waals surface area contributed by atoms with Crippen LogP contribution in [0.2, 0.25) is 0 Å². The quantitative estimate of drug-likeness (QED) is 0.545. The highest BCUT2D eigenvalue weighted by molar-refractivity contribution is 7.86. The number of aryl methyl sites for hydroxylation is 1. The fourth-order valence-electron chi connectivity index (χ4n) is 2.25. The molecule has 0 atom stereocenters. The number of halogens is 3. The van der Waals surface area contributed by atoms with Crippen LogP contribution in [0.25, 0.3) is 0 Å². The molecule has 0 radical (unpaired) electrons. The predicted molar refractivity (Wildman–Crippen MR) is 89.6 cm³/mol. The fourth-order valence-corrected chi connectivity index (χ4v) is 3.32. The molecule has 2 aromatic rings. The molecule has 0 aromatic heterocycles. The Morgan fingerprint density at radius 2 is 1.79 bits per heavy atom. The molecule has 0 N–H and O–H groups in total. The van der Waals surface area contributed by atoms with Gasteiger partial charge in [-0.1, -0.05) is 18.2 Å². The largest absolute Gasteiger partial charge is 0.416 e. The number of carbonyl (C=O) groups excluding carboxylic acids is 1. The van der Waals surface area contributed by atoms with Gasteiger partial charge in [0.15, 0.2) is 4.90 Å². The normalized spacial score (nSPS) is 11.9. The molecule has 0 aliphatic rings. The van der Waals surface area contributed by atoms with Gasteiger partial charge in [-0.05, 0) is 30.7 Å². The molecule has 0 saturated carbocycles. The molecule has 28 heavy (non-hydrogen) atoms. The number of hydroxylamine groups is 2. The lowest BCUT2D eigenvalue weighted by atomic mass is 10.1. The number of nitro groups is 1. The van der Waals surface area contributed by atoms with Gasteiger partial charge in [0.25, 0.3) is 11.6 Å². The number of nitrogens with zero attached hydrogens (tertiary/aromatic N) is 2. The molecule has 0 spiro atoms. The van der Waals surface area contributed by atoms with Crippen molar-refractivity contribution in [3.63, 3.8) is 0 Å². The first-order valence-electron chi connectivity index (χ1n) is 7.48. The van der Waals surface area contributed by atoms with Crippen LogP contribution in [0, 0.1) is 17.0 Å².